The van der Waals surface area contributed by atoms with Crippen LogP contribution in [0, 0.1) is 6.92 Å². The fraction of sp³-hybridized carbons (Fsp3) is 0.500. The highest BCUT2D eigenvalue weighted by Crippen LogP contribution is 2.36. The minimum atomic E-state index is -3.55. The highest BCUT2D eigenvalue weighted by molar-refractivity contribution is 7.89. The molecule has 11 heteroatoms. The second kappa shape index (κ2) is 13.1. The van der Waals surface area contributed by atoms with Gasteiger partial charge in [-0.2, -0.15) is 4.31 Å². The van der Waals surface area contributed by atoms with Crippen LogP contribution in [0.25, 0.3) is 10.2 Å². The number of hydrogen-bond acceptors (Lipinski definition) is 8. The lowest BCUT2D eigenvalue weighted by Crippen LogP contribution is -2.48. The quantitative estimate of drug-likeness (QED) is 0.350. The summed E-state index contributed by atoms with van der Waals surface area (Å²) >= 11 is 1.71. The third-order valence-corrected chi connectivity index (χ3v) is 10.4. The Bertz CT molecular complexity index is 1370. The van der Waals surface area contributed by atoms with Gasteiger partial charge in [0.05, 0.1) is 16.7 Å². The topological polar surface area (TPSA) is 95.1 Å². The summed E-state index contributed by atoms with van der Waals surface area (Å²) in [6, 6.07) is 10.3. The smallest absolute Gasteiger partial charge is 0.251 e. The molecule has 0 spiro atoms. The van der Waals surface area contributed by atoms with Crippen LogP contribution in [0.15, 0.2) is 41.3 Å². The maximum absolute atomic E-state index is 12.9. The van der Waals surface area contributed by atoms with Gasteiger partial charge in [0.15, 0.2) is 5.13 Å². The number of aromatic nitrogens is 1. The minimum Gasteiger partial charge on any atom is -0.494 e. The van der Waals surface area contributed by atoms with Gasteiger partial charge in [0.25, 0.3) is 5.91 Å². The first-order chi connectivity index (χ1) is 18.8. The summed E-state index contributed by atoms with van der Waals surface area (Å²) in [5.74, 6) is 0.605. The van der Waals surface area contributed by atoms with Crippen LogP contribution in [0.3, 0.4) is 0 Å². The summed E-state index contributed by atoms with van der Waals surface area (Å²) in [5.41, 5.74) is 2.58. The van der Waals surface area contributed by atoms with Gasteiger partial charge in [-0.25, -0.2) is 13.4 Å². The van der Waals surface area contributed by atoms with E-state index >= 15 is 0 Å². The largest absolute Gasteiger partial charge is 0.494 e. The molecule has 0 unspecified atom stereocenters. The number of amides is 1. The molecule has 1 amide bonds. The lowest BCUT2D eigenvalue weighted by molar-refractivity contribution is 0.0947. The van der Waals surface area contributed by atoms with E-state index in [1.165, 1.54) is 26.7 Å². The number of fused-ring (bicyclic) bond motifs is 1. The van der Waals surface area contributed by atoms with Gasteiger partial charge in [0.1, 0.15) is 11.3 Å². The first kappa shape index (κ1) is 29.3. The summed E-state index contributed by atoms with van der Waals surface area (Å²) in [6.45, 7) is 11.7. The van der Waals surface area contributed by atoms with Crippen LogP contribution in [-0.2, 0) is 10.0 Å². The second-order valence-corrected chi connectivity index (χ2v) is 12.6. The van der Waals surface area contributed by atoms with E-state index in [0.29, 0.717) is 25.2 Å². The maximum atomic E-state index is 12.9. The summed E-state index contributed by atoms with van der Waals surface area (Å²) < 4.78 is 34.0. The molecule has 1 aliphatic rings. The van der Waals surface area contributed by atoms with Gasteiger partial charge >= 0.3 is 0 Å². The van der Waals surface area contributed by atoms with Crippen molar-refractivity contribution >= 4 is 42.6 Å². The van der Waals surface area contributed by atoms with E-state index in [-0.39, 0.29) is 10.8 Å². The second-order valence-electron chi connectivity index (χ2n) is 9.72. The van der Waals surface area contributed by atoms with Crippen molar-refractivity contribution < 1.29 is 17.9 Å². The summed E-state index contributed by atoms with van der Waals surface area (Å²) in [6.07, 6.45) is 1.75. The van der Waals surface area contributed by atoms with Crippen molar-refractivity contribution in [1.29, 1.82) is 0 Å². The third-order valence-electron chi connectivity index (χ3n) is 7.14. The fourth-order valence-corrected chi connectivity index (χ4v) is 7.29. The van der Waals surface area contributed by atoms with E-state index in [2.05, 4.69) is 28.1 Å². The SMILES string of the molecule is CCCCN(CC)S(=O)(=O)c1ccc(C(=O)NCCN2CCN(c3nc4c(OC)ccc(C)c4s3)CC2)cc1. The van der Waals surface area contributed by atoms with Gasteiger partial charge in [-0.05, 0) is 49.2 Å². The standard InChI is InChI=1S/C28H39N5O4S2/c1-5-7-15-33(6-2)39(35,36)23-11-9-22(10-12-23)27(34)29-14-16-31-17-19-32(20-18-31)28-30-25-24(37-4)13-8-21(3)26(25)38-28/h8-13H,5-7,14-20H2,1-4H3,(H,29,34). The molecule has 39 heavy (non-hydrogen) atoms. The predicted molar refractivity (Wildman–Crippen MR) is 158 cm³/mol. The van der Waals surface area contributed by atoms with E-state index in [4.69, 9.17) is 9.72 Å². The number of anilines is 1. The number of sulfonamides is 1. The monoisotopic (exact) mass is 573 g/mol. The molecule has 2 aromatic carbocycles. The number of ether oxygens (including phenoxy) is 1. The number of nitrogens with zero attached hydrogens (tertiary/aromatic N) is 4. The average Bonchev–Trinajstić information content (AvgIpc) is 3.40. The number of hydrogen-bond donors (Lipinski definition) is 1. The van der Waals surface area contributed by atoms with Gasteiger partial charge < -0.3 is 15.0 Å². The molecule has 0 bridgehead atoms. The Morgan fingerprint density at radius 2 is 1.82 bits per heavy atom. The number of aryl methyl sites for hydroxylation is 1. The molecule has 0 atom stereocenters. The number of thiazole rings is 1. The van der Waals surface area contributed by atoms with E-state index in [1.807, 2.05) is 19.9 Å². The number of nitrogens with one attached hydrogen (secondary N) is 1. The summed E-state index contributed by atoms with van der Waals surface area (Å²) in [5, 5.41) is 3.98. The predicted octanol–water partition coefficient (Wildman–Crippen LogP) is 3.98. The Morgan fingerprint density at radius 3 is 2.46 bits per heavy atom. The Kier molecular flexibility index (Phi) is 9.81. The van der Waals surface area contributed by atoms with Crippen molar-refractivity contribution in [1.82, 2.24) is 19.5 Å². The van der Waals surface area contributed by atoms with Crippen molar-refractivity contribution in [2.24, 2.45) is 0 Å². The van der Waals surface area contributed by atoms with Crippen LogP contribution in [0.1, 0.15) is 42.6 Å². The van der Waals surface area contributed by atoms with Gasteiger partial charge in [-0.3, -0.25) is 9.69 Å². The molecule has 0 radical (unpaired) electrons. The van der Waals surface area contributed by atoms with E-state index in [0.717, 1.165) is 62.0 Å². The van der Waals surface area contributed by atoms with Crippen molar-refractivity contribution in [3.63, 3.8) is 0 Å². The van der Waals surface area contributed by atoms with Crippen LogP contribution in [0.4, 0.5) is 5.13 Å². The number of methoxy groups -OCH3 is 1. The average molecular weight is 574 g/mol. The lowest BCUT2D eigenvalue weighted by Gasteiger charge is -2.34. The molecule has 2 heterocycles. The molecule has 9 nitrogen and oxygen atoms in total. The van der Waals surface area contributed by atoms with Gasteiger partial charge in [0, 0.05) is 57.9 Å². The first-order valence-electron chi connectivity index (χ1n) is 13.6. The molecule has 1 N–H and O–H groups in total. The molecular formula is C28H39N5O4S2. The molecule has 1 fully saturated rings. The Hall–Kier alpha value is -2.73. The van der Waals surface area contributed by atoms with Gasteiger partial charge in [-0.1, -0.05) is 37.7 Å². The van der Waals surface area contributed by atoms with E-state index in [1.54, 1.807) is 30.6 Å². The number of benzene rings is 2. The van der Waals surface area contributed by atoms with Crippen LogP contribution >= 0.6 is 11.3 Å². The molecule has 0 aliphatic carbocycles. The number of rotatable bonds is 12. The molecule has 1 aliphatic heterocycles. The van der Waals surface area contributed by atoms with Crippen molar-refractivity contribution in [3.8, 4) is 5.75 Å². The minimum absolute atomic E-state index is 0.199. The van der Waals surface area contributed by atoms with Crippen LogP contribution in [0.5, 0.6) is 5.75 Å². The fourth-order valence-electron chi connectivity index (χ4n) is 4.70. The molecule has 1 aromatic heterocycles. The van der Waals surface area contributed by atoms with Crippen LogP contribution in [0.2, 0.25) is 0 Å². The molecule has 4 rings (SSSR count). The van der Waals surface area contributed by atoms with Gasteiger partial charge in [-0.15, -0.1) is 0 Å². The molecule has 212 valence electrons. The zero-order valence-electron chi connectivity index (χ0n) is 23.3. The number of carbonyl (C=O) groups excluding carboxylic acids is 1. The Morgan fingerprint density at radius 1 is 1.10 bits per heavy atom. The Labute approximate surface area is 235 Å². The Balaban J connectivity index is 1.26. The van der Waals surface area contributed by atoms with Gasteiger partial charge in [0.2, 0.25) is 10.0 Å². The van der Waals surface area contributed by atoms with E-state index in [9.17, 15) is 13.2 Å². The molecule has 3 aromatic rings. The zero-order chi connectivity index (χ0) is 28.0. The van der Waals surface area contributed by atoms with E-state index < -0.39 is 10.0 Å². The van der Waals surface area contributed by atoms with Crippen molar-refractivity contribution in [2.75, 3.05) is 64.4 Å². The highest BCUT2D eigenvalue weighted by atomic mass is 32.2. The molecule has 0 saturated carbocycles. The number of carbonyl (C=O) groups is 1. The molecule has 1 saturated heterocycles. The zero-order valence-corrected chi connectivity index (χ0v) is 24.9. The van der Waals surface area contributed by atoms with Crippen molar-refractivity contribution in [3.05, 3.63) is 47.5 Å². The van der Waals surface area contributed by atoms with Crippen molar-refractivity contribution in [2.45, 2.75) is 38.5 Å². The first-order valence-corrected chi connectivity index (χ1v) is 15.8. The summed E-state index contributed by atoms with van der Waals surface area (Å²) in [4.78, 5) is 22.4. The van der Waals surface area contributed by atoms with Crippen LogP contribution < -0.4 is 15.0 Å². The highest BCUT2D eigenvalue weighted by Gasteiger charge is 2.23. The summed E-state index contributed by atoms with van der Waals surface area (Å²) in [7, 11) is -1.88. The molecular weight excluding hydrogens is 534 g/mol. The lowest BCUT2D eigenvalue weighted by atomic mass is 10.2. The normalized spacial score (nSPS) is 14.7. The maximum Gasteiger partial charge on any atom is 0.251 e. The third kappa shape index (κ3) is 6.71. The van der Waals surface area contributed by atoms with Crippen LogP contribution in [-0.4, -0.2) is 88.0 Å². The number of piperazine rings is 1. The number of unbranched alkanes of at least 4 members (excludes halogenated alkanes) is 1.